The maximum absolute atomic E-state index is 13.2. The van der Waals surface area contributed by atoms with Crippen LogP contribution in [0.3, 0.4) is 0 Å². The Balaban J connectivity index is 1.71. The maximum atomic E-state index is 13.2. The van der Waals surface area contributed by atoms with Gasteiger partial charge in [0.25, 0.3) is 11.8 Å². The Labute approximate surface area is 170 Å². The summed E-state index contributed by atoms with van der Waals surface area (Å²) in [5, 5.41) is 4.89. The molecule has 6 nitrogen and oxygen atoms in total. The Hall–Kier alpha value is -2.38. The number of ether oxygens (including phenoxy) is 1. The average Bonchev–Trinajstić information content (AvgIpc) is 3.19. The summed E-state index contributed by atoms with van der Waals surface area (Å²) >= 11 is 1.71. The molecule has 1 fully saturated rings. The number of hydrogen-bond donors (Lipinski definition) is 2. The minimum Gasteiger partial charge on any atom is -0.497 e. The van der Waals surface area contributed by atoms with E-state index in [2.05, 4.69) is 23.7 Å². The number of nitrogens with one attached hydrogen (secondary N) is 2. The molecule has 1 saturated heterocycles. The van der Waals surface area contributed by atoms with Gasteiger partial charge in [0, 0.05) is 23.9 Å². The number of amides is 2. The minimum absolute atomic E-state index is 0.0161. The highest BCUT2D eigenvalue weighted by Crippen LogP contribution is 2.18. The van der Waals surface area contributed by atoms with Crippen molar-refractivity contribution < 1.29 is 19.2 Å². The van der Waals surface area contributed by atoms with Gasteiger partial charge in [0.1, 0.15) is 5.75 Å². The number of carbonyl (C=O) groups is 2. The second kappa shape index (κ2) is 9.71. The largest absolute Gasteiger partial charge is 0.497 e. The molecular weight excluding hydrogens is 374 g/mol. The molecule has 0 saturated carbocycles. The van der Waals surface area contributed by atoms with E-state index >= 15 is 0 Å². The summed E-state index contributed by atoms with van der Waals surface area (Å²) in [6, 6.07) is 12.1. The summed E-state index contributed by atoms with van der Waals surface area (Å²) in [4.78, 5) is 29.1. The molecule has 1 aromatic carbocycles. The zero-order chi connectivity index (χ0) is 19.9. The molecule has 150 valence electrons. The number of nitrogens with zero attached hydrogens (tertiary/aromatic N) is 1. The van der Waals surface area contributed by atoms with Gasteiger partial charge in [-0.1, -0.05) is 18.2 Å². The third-order valence-corrected chi connectivity index (χ3v) is 5.95. The van der Waals surface area contributed by atoms with Gasteiger partial charge in [-0.25, -0.2) is 0 Å². The fourth-order valence-corrected chi connectivity index (χ4v) is 4.30. The van der Waals surface area contributed by atoms with Crippen molar-refractivity contribution in [2.75, 3.05) is 33.3 Å². The molecule has 1 aliphatic heterocycles. The van der Waals surface area contributed by atoms with Crippen molar-refractivity contribution in [2.24, 2.45) is 0 Å². The van der Waals surface area contributed by atoms with Gasteiger partial charge in [-0.2, -0.15) is 0 Å². The third kappa shape index (κ3) is 5.56. The molecule has 3 rings (SSSR count). The normalized spacial score (nSPS) is 17.6. The Morgan fingerprint density at radius 3 is 2.75 bits per heavy atom. The van der Waals surface area contributed by atoms with Crippen LogP contribution in [0.25, 0.3) is 0 Å². The van der Waals surface area contributed by atoms with E-state index in [1.54, 1.807) is 18.4 Å². The summed E-state index contributed by atoms with van der Waals surface area (Å²) in [5.41, 5.74) is 1.07. The molecule has 0 aliphatic carbocycles. The molecule has 2 N–H and O–H groups in total. The van der Waals surface area contributed by atoms with E-state index in [-0.39, 0.29) is 17.9 Å². The predicted octanol–water partition coefficient (Wildman–Crippen LogP) is 0.731. The van der Waals surface area contributed by atoms with Crippen molar-refractivity contribution in [1.29, 1.82) is 0 Å². The van der Waals surface area contributed by atoms with Crippen molar-refractivity contribution in [3.8, 4) is 5.75 Å². The van der Waals surface area contributed by atoms with Crippen LogP contribution in [0.5, 0.6) is 5.75 Å². The van der Waals surface area contributed by atoms with E-state index in [0.29, 0.717) is 26.2 Å². The summed E-state index contributed by atoms with van der Waals surface area (Å²) in [6.07, 6.45) is 0.829. The Morgan fingerprint density at radius 1 is 1.32 bits per heavy atom. The zero-order valence-corrected chi connectivity index (χ0v) is 17.3. The third-order valence-electron chi connectivity index (χ3n) is 5.05. The topological polar surface area (TPSA) is 63.1 Å². The van der Waals surface area contributed by atoms with Crippen LogP contribution < -0.4 is 15.0 Å². The standard InChI is InChI=1S/C21H27N3O3S/c1-16(12-19-4-3-11-28-19)24(13-17-5-7-18(27-2)8-6-17)21(26)15-23-10-9-22-20(25)14-23/h3-8,11,16H,9-10,12-15H2,1-2H3,(H,22,25)/p+1/t16-/m1/s1. The van der Waals surface area contributed by atoms with Gasteiger partial charge in [0.15, 0.2) is 13.1 Å². The van der Waals surface area contributed by atoms with Crippen molar-refractivity contribution in [3.63, 3.8) is 0 Å². The van der Waals surface area contributed by atoms with Crippen LogP contribution in [0.1, 0.15) is 17.4 Å². The van der Waals surface area contributed by atoms with Gasteiger partial charge in [-0.15, -0.1) is 11.3 Å². The van der Waals surface area contributed by atoms with Crippen molar-refractivity contribution in [1.82, 2.24) is 10.2 Å². The monoisotopic (exact) mass is 402 g/mol. The van der Waals surface area contributed by atoms with E-state index < -0.39 is 0 Å². The second-order valence-electron chi connectivity index (χ2n) is 7.21. The lowest BCUT2D eigenvalue weighted by atomic mass is 10.1. The maximum Gasteiger partial charge on any atom is 0.278 e. The first-order valence-corrected chi connectivity index (χ1v) is 10.5. The molecule has 2 atom stereocenters. The fraction of sp³-hybridized carbons (Fsp3) is 0.429. The second-order valence-corrected chi connectivity index (χ2v) is 8.24. The SMILES string of the molecule is COc1ccc(CN(C(=O)C[NH+]2CCNC(=O)C2)[C@H](C)Cc2cccs2)cc1. The predicted molar refractivity (Wildman–Crippen MR) is 110 cm³/mol. The quantitative estimate of drug-likeness (QED) is 0.684. The van der Waals surface area contributed by atoms with Gasteiger partial charge in [-0.05, 0) is 36.1 Å². The van der Waals surface area contributed by atoms with E-state index in [1.165, 1.54) is 4.88 Å². The van der Waals surface area contributed by atoms with Gasteiger partial charge in [-0.3, -0.25) is 9.59 Å². The van der Waals surface area contributed by atoms with Crippen LogP contribution in [0.2, 0.25) is 0 Å². The number of benzene rings is 1. The smallest absolute Gasteiger partial charge is 0.278 e. The Morgan fingerprint density at radius 2 is 2.11 bits per heavy atom. The van der Waals surface area contributed by atoms with E-state index in [4.69, 9.17) is 4.74 Å². The number of piperazine rings is 1. The van der Waals surface area contributed by atoms with Crippen molar-refractivity contribution in [3.05, 3.63) is 52.2 Å². The summed E-state index contributed by atoms with van der Waals surface area (Å²) in [5.74, 6) is 0.906. The van der Waals surface area contributed by atoms with Crippen LogP contribution in [0, 0.1) is 0 Å². The van der Waals surface area contributed by atoms with E-state index in [0.717, 1.165) is 29.2 Å². The molecule has 2 aromatic rings. The molecule has 0 bridgehead atoms. The highest BCUT2D eigenvalue weighted by atomic mass is 32.1. The Kier molecular flexibility index (Phi) is 7.06. The first-order chi connectivity index (χ1) is 13.5. The van der Waals surface area contributed by atoms with E-state index in [1.807, 2.05) is 35.2 Å². The number of quaternary nitrogens is 1. The minimum atomic E-state index is 0.0161. The van der Waals surface area contributed by atoms with Gasteiger partial charge in [0.2, 0.25) is 0 Å². The lowest BCUT2D eigenvalue weighted by Crippen LogP contribution is -3.16. The number of hydrogen-bond acceptors (Lipinski definition) is 4. The van der Waals surface area contributed by atoms with Crippen LogP contribution in [0.4, 0.5) is 0 Å². The van der Waals surface area contributed by atoms with Gasteiger partial charge in [0.05, 0.1) is 20.2 Å². The molecule has 0 spiro atoms. The average molecular weight is 403 g/mol. The molecule has 2 heterocycles. The van der Waals surface area contributed by atoms with Gasteiger partial charge >= 0.3 is 0 Å². The molecule has 1 unspecified atom stereocenters. The number of rotatable bonds is 8. The highest BCUT2D eigenvalue weighted by molar-refractivity contribution is 7.09. The zero-order valence-electron chi connectivity index (χ0n) is 16.4. The molecule has 1 aliphatic rings. The van der Waals surface area contributed by atoms with Crippen LogP contribution in [-0.2, 0) is 22.6 Å². The van der Waals surface area contributed by atoms with E-state index in [9.17, 15) is 9.59 Å². The van der Waals surface area contributed by atoms with Crippen LogP contribution in [0.15, 0.2) is 41.8 Å². The van der Waals surface area contributed by atoms with Gasteiger partial charge < -0.3 is 19.9 Å². The summed E-state index contributed by atoms with van der Waals surface area (Å²) in [6.45, 7) is 4.77. The first kappa shape index (κ1) is 20.4. The molecular formula is C21H28N3O3S+. The summed E-state index contributed by atoms with van der Waals surface area (Å²) < 4.78 is 5.23. The first-order valence-electron chi connectivity index (χ1n) is 9.60. The highest BCUT2D eigenvalue weighted by Gasteiger charge is 2.27. The molecule has 1 aromatic heterocycles. The lowest BCUT2D eigenvalue weighted by Gasteiger charge is -2.31. The van der Waals surface area contributed by atoms with Crippen LogP contribution >= 0.6 is 11.3 Å². The molecule has 7 heteroatoms. The number of thiophene rings is 1. The summed E-state index contributed by atoms with van der Waals surface area (Å²) in [7, 11) is 1.64. The van der Waals surface area contributed by atoms with Crippen molar-refractivity contribution in [2.45, 2.75) is 25.9 Å². The number of methoxy groups -OCH3 is 1. The molecule has 2 amide bonds. The fourth-order valence-electron chi connectivity index (χ4n) is 3.47. The van der Waals surface area contributed by atoms with Crippen LogP contribution in [-0.4, -0.2) is 56.0 Å². The molecule has 28 heavy (non-hydrogen) atoms. The molecule has 0 radical (unpaired) electrons. The Bertz CT molecular complexity index is 777. The number of carbonyl (C=O) groups excluding carboxylic acids is 2. The lowest BCUT2D eigenvalue weighted by molar-refractivity contribution is -0.885. The van der Waals surface area contributed by atoms with Crippen molar-refractivity contribution >= 4 is 23.2 Å².